The summed E-state index contributed by atoms with van der Waals surface area (Å²) >= 11 is 4.74. The molecule has 1 heterocycles. The SMILES string of the molecule is COc1cc(C(=O)Nc2cccc(NC(=O)c3cccs3)c2)cc(OC)c1Br. The minimum absolute atomic E-state index is 0.194. The molecule has 2 N–H and O–H groups in total. The summed E-state index contributed by atoms with van der Waals surface area (Å²) in [5, 5.41) is 7.47. The van der Waals surface area contributed by atoms with Crippen molar-refractivity contribution >= 4 is 50.5 Å². The van der Waals surface area contributed by atoms with Crippen molar-refractivity contribution in [1.29, 1.82) is 0 Å². The standard InChI is InChI=1S/C20H17BrN2O4S/c1-26-15-9-12(10-16(27-2)18(15)21)19(24)22-13-5-3-6-14(11-13)23-20(25)17-7-4-8-28-17/h3-11H,1-2H3,(H,22,24)(H,23,25). The van der Waals surface area contributed by atoms with E-state index in [4.69, 9.17) is 9.47 Å². The van der Waals surface area contributed by atoms with E-state index >= 15 is 0 Å². The van der Waals surface area contributed by atoms with Crippen molar-refractivity contribution in [3.05, 3.63) is 68.8 Å². The van der Waals surface area contributed by atoms with Gasteiger partial charge in [-0.15, -0.1) is 11.3 Å². The molecule has 0 aliphatic carbocycles. The molecule has 28 heavy (non-hydrogen) atoms. The van der Waals surface area contributed by atoms with E-state index in [2.05, 4.69) is 26.6 Å². The number of thiophene rings is 1. The van der Waals surface area contributed by atoms with Gasteiger partial charge in [-0.05, 0) is 57.7 Å². The second kappa shape index (κ2) is 8.90. The summed E-state index contributed by atoms with van der Waals surface area (Å²) < 4.78 is 11.2. The van der Waals surface area contributed by atoms with Crippen LogP contribution in [0.5, 0.6) is 11.5 Å². The lowest BCUT2D eigenvalue weighted by Gasteiger charge is -2.12. The van der Waals surface area contributed by atoms with Crippen LogP contribution in [0, 0.1) is 0 Å². The van der Waals surface area contributed by atoms with Crippen LogP contribution < -0.4 is 20.1 Å². The van der Waals surface area contributed by atoms with E-state index in [1.54, 1.807) is 42.5 Å². The second-order valence-corrected chi connectivity index (χ2v) is 7.40. The maximum atomic E-state index is 12.7. The Balaban J connectivity index is 1.77. The van der Waals surface area contributed by atoms with Gasteiger partial charge >= 0.3 is 0 Å². The number of hydrogen-bond donors (Lipinski definition) is 2. The Morgan fingerprint density at radius 2 is 1.50 bits per heavy atom. The van der Waals surface area contributed by atoms with Gasteiger partial charge in [-0.1, -0.05) is 12.1 Å². The van der Waals surface area contributed by atoms with Gasteiger partial charge in [0, 0.05) is 16.9 Å². The highest BCUT2D eigenvalue weighted by Crippen LogP contribution is 2.35. The number of hydrogen-bond acceptors (Lipinski definition) is 5. The second-order valence-electron chi connectivity index (χ2n) is 5.66. The molecule has 0 atom stereocenters. The fourth-order valence-electron chi connectivity index (χ4n) is 2.48. The molecule has 3 aromatic rings. The molecule has 0 aliphatic rings. The number of amides is 2. The topological polar surface area (TPSA) is 76.7 Å². The number of carbonyl (C=O) groups is 2. The summed E-state index contributed by atoms with van der Waals surface area (Å²) in [5.41, 5.74) is 1.52. The Kier molecular flexibility index (Phi) is 6.33. The van der Waals surface area contributed by atoms with Gasteiger partial charge in [0.05, 0.1) is 19.1 Å². The highest BCUT2D eigenvalue weighted by atomic mass is 79.9. The summed E-state index contributed by atoms with van der Waals surface area (Å²) in [5.74, 6) is 0.453. The van der Waals surface area contributed by atoms with Crippen LogP contribution in [0.2, 0.25) is 0 Å². The Morgan fingerprint density at radius 1 is 0.893 bits per heavy atom. The zero-order chi connectivity index (χ0) is 20.1. The van der Waals surface area contributed by atoms with Crippen LogP contribution in [0.25, 0.3) is 0 Å². The number of halogens is 1. The number of methoxy groups -OCH3 is 2. The predicted molar refractivity (Wildman–Crippen MR) is 114 cm³/mol. The molecule has 144 valence electrons. The maximum absolute atomic E-state index is 12.7. The molecule has 0 unspecified atom stereocenters. The monoisotopic (exact) mass is 460 g/mol. The third kappa shape index (κ3) is 4.52. The van der Waals surface area contributed by atoms with E-state index in [-0.39, 0.29) is 11.8 Å². The van der Waals surface area contributed by atoms with Gasteiger partial charge in [0.1, 0.15) is 16.0 Å². The van der Waals surface area contributed by atoms with Crippen LogP contribution in [0.1, 0.15) is 20.0 Å². The van der Waals surface area contributed by atoms with E-state index in [9.17, 15) is 9.59 Å². The zero-order valence-corrected chi connectivity index (χ0v) is 17.5. The number of benzene rings is 2. The molecular formula is C20H17BrN2O4S. The van der Waals surface area contributed by atoms with Crippen LogP contribution in [-0.2, 0) is 0 Å². The average molecular weight is 461 g/mol. The minimum atomic E-state index is -0.328. The van der Waals surface area contributed by atoms with E-state index in [0.717, 1.165) is 0 Å². The number of carbonyl (C=O) groups excluding carboxylic acids is 2. The van der Waals surface area contributed by atoms with E-state index in [1.165, 1.54) is 25.6 Å². The van der Waals surface area contributed by atoms with Gasteiger partial charge in [-0.3, -0.25) is 9.59 Å². The first-order chi connectivity index (χ1) is 13.5. The summed E-state index contributed by atoms with van der Waals surface area (Å²) in [4.78, 5) is 25.5. The molecule has 0 spiro atoms. The normalized spacial score (nSPS) is 10.2. The lowest BCUT2D eigenvalue weighted by atomic mass is 10.1. The zero-order valence-electron chi connectivity index (χ0n) is 15.1. The van der Waals surface area contributed by atoms with E-state index in [0.29, 0.717) is 37.8 Å². The number of ether oxygens (including phenoxy) is 2. The highest BCUT2D eigenvalue weighted by Gasteiger charge is 2.15. The summed E-state index contributed by atoms with van der Waals surface area (Å²) in [6.45, 7) is 0. The summed E-state index contributed by atoms with van der Waals surface area (Å²) in [7, 11) is 3.03. The lowest BCUT2D eigenvalue weighted by Crippen LogP contribution is -2.13. The molecule has 0 radical (unpaired) electrons. The molecule has 2 aromatic carbocycles. The fourth-order valence-corrected chi connectivity index (χ4v) is 3.65. The maximum Gasteiger partial charge on any atom is 0.265 e. The largest absolute Gasteiger partial charge is 0.495 e. The lowest BCUT2D eigenvalue weighted by molar-refractivity contribution is 0.102. The van der Waals surface area contributed by atoms with Gasteiger partial charge < -0.3 is 20.1 Å². The summed E-state index contributed by atoms with van der Waals surface area (Å²) in [6, 6.07) is 13.7. The molecule has 2 amide bonds. The van der Waals surface area contributed by atoms with Gasteiger partial charge in [-0.2, -0.15) is 0 Å². The predicted octanol–water partition coefficient (Wildman–Crippen LogP) is 5.03. The molecule has 0 saturated heterocycles. The molecular weight excluding hydrogens is 444 g/mol. The van der Waals surface area contributed by atoms with Gasteiger partial charge in [0.15, 0.2) is 0 Å². The Morgan fingerprint density at radius 3 is 2.04 bits per heavy atom. The van der Waals surface area contributed by atoms with Crippen molar-refractivity contribution in [3.8, 4) is 11.5 Å². The van der Waals surface area contributed by atoms with Crippen LogP contribution >= 0.6 is 27.3 Å². The highest BCUT2D eigenvalue weighted by molar-refractivity contribution is 9.10. The van der Waals surface area contributed by atoms with Gasteiger partial charge in [-0.25, -0.2) is 0 Å². The Hall–Kier alpha value is -2.84. The van der Waals surface area contributed by atoms with Crippen LogP contribution in [0.3, 0.4) is 0 Å². The first-order valence-electron chi connectivity index (χ1n) is 8.19. The molecule has 0 saturated carbocycles. The molecule has 8 heteroatoms. The fraction of sp³-hybridized carbons (Fsp3) is 0.100. The molecule has 6 nitrogen and oxygen atoms in total. The van der Waals surface area contributed by atoms with Crippen molar-refractivity contribution in [2.45, 2.75) is 0 Å². The van der Waals surface area contributed by atoms with Crippen LogP contribution in [0.4, 0.5) is 11.4 Å². The van der Waals surface area contributed by atoms with Crippen molar-refractivity contribution in [2.24, 2.45) is 0 Å². The minimum Gasteiger partial charge on any atom is -0.495 e. The number of anilines is 2. The molecule has 0 fully saturated rings. The third-order valence-electron chi connectivity index (χ3n) is 3.83. The van der Waals surface area contributed by atoms with Crippen LogP contribution in [-0.4, -0.2) is 26.0 Å². The van der Waals surface area contributed by atoms with Crippen molar-refractivity contribution in [3.63, 3.8) is 0 Å². The van der Waals surface area contributed by atoms with Crippen molar-refractivity contribution < 1.29 is 19.1 Å². The number of nitrogens with one attached hydrogen (secondary N) is 2. The quantitative estimate of drug-likeness (QED) is 0.540. The Labute approximate surface area is 174 Å². The smallest absolute Gasteiger partial charge is 0.265 e. The summed E-state index contributed by atoms with van der Waals surface area (Å²) in [6.07, 6.45) is 0. The first kappa shape index (κ1) is 19.9. The van der Waals surface area contributed by atoms with E-state index in [1.807, 2.05) is 11.4 Å². The van der Waals surface area contributed by atoms with E-state index < -0.39 is 0 Å². The van der Waals surface area contributed by atoms with Crippen molar-refractivity contribution in [1.82, 2.24) is 0 Å². The molecule has 1 aromatic heterocycles. The van der Waals surface area contributed by atoms with Gasteiger partial charge in [0.2, 0.25) is 0 Å². The molecule has 0 aliphatic heterocycles. The molecule has 0 bridgehead atoms. The van der Waals surface area contributed by atoms with Gasteiger partial charge in [0.25, 0.3) is 11.8 Å². The third-order valence-corrected chi connectivity index (χ3v) is 5.48. The molecule has 3 rings (SSSR count). The Bertz CT molecular complexity index is 980. The van der Waals surface area contributed by atoms with Crippen LogP contribution in [0.15, 0.2) is 58.4 Å². The van der Waals surface area contributed by atoms with Crippen molar-refractivity contribution in [2.75, 3.05) is 24.9 Å². The number of rotatable bonds is 6. The first-order valence-corrected chi connectivity index (χ1v) is 9.87. The average Bonchev–Trinajstić information content (AvgIpc) is 3.23.